The van der Waals surface area contributed by atoms with Crippen molar-refractivity contribution in [2.75, 3.05) is 6.54 Å². The minimum Gasteiger partial charge on any atom is -0.442 e. The van der Waals surface area contributed by atoms with Crippen LogP contribution in [0.4, 0.5) is 9.59 Å². The molecule has 0 aliphatic heterocycles. The molecule has 0 aliphatic rings. The van der Waals surface area contributed by atoms with Crippen molar-refractivity contribution in [3.63, 3.8) is 0 Å². The van der Waals surface area contributed by atoms with Gasteiger partial charge >= 0.3 is 12.2 Å². The predicted octanol–water partition coefficient (Wildman–Crippen LogP) is 4.33. The molecule has 0 saturated carbocycles. The molecule has 0 saturated heterocycles. The molecule has 24 heavy (non-hydrogen) atoms. The fourth-order valence-corrected chi connectivity index (χ4v) is 1.72. The molecule has 0 fully saturated rings. The molecular formula is C18H27NO5. The highest BCUT2D eigenvalue weighted by Gasteiger charge is 2.27. The van der Waals surface area contributed by atoms with Crippen LogP contribution < -0.4 is 0 Å². The number of amides is 1. The van der Waals surface area contributed by atoms with E-state index < -0.39 is 23.5 Å². The maximum atomic E-state index is 12.3. The topological polar surface area (TPSA) is 65.1 Å². The Hall–Kier alpha value is -2.24. The van der Waals surface area contributed by atoms with Gasteiger partial charge < -0.3 is 14.3 Å². The zero-order chi connectivity index (χ0) is 18.4. The smallest absolute Gasteiger partial charge is 0.442 e. The molecule has 6 heteroatoms. The predicted molar refractivity (Wildman–Crippen MR) is 90.4 cm³/mol. The first kappa shape index (κ1) is 19.8. The number of rotatable bonds is 3. The van der Waals surface area contributed by atoms with Crippen LogP contribution in [0.2, 0.25) is 0 Å². The Balaban J connectivity index is 2.75. The molecule has 0 spiro atoms. The van der Waals surface area contributed by atoms with Crippen LogP contribution in [0.25, 0.3) is 0 Å². The molecule has 134 valence electrons. The van der Waals surface area contributed by atoms with Crippen molar-refractivity contribution in [1.29, 1.82) is 0 Å². The average Bonchev–Trinajstić information content (AvgIpc) is 2.40. The Bertz CT molecular complexity index is 543. The van der Waals surface area contributed by atoms with E-state index in [1.54, 1.807) is 41.5 Å². The maximum Gasteiger partial charge on any atom is 0.534 e. The van der Waals surface area contributed by atoms with Crippen molar-refractivity contribution in [2.45, 2.75) is 59.2 Å². The number of ether oxygens (including phenoxy) is 2. The molecule has 0 bridgehead atoms. The Morgan fingerprint density at radius 2 is 1.46 bits per heavy atom. The summed E-state index contributed by atoms with van der Waals surface area (Å²) in [6.45, 7) is 10.6. The van der Waals surface area contributed by atoms with E-state index in [0.29, 0.717) is 6.42 Å². The van der Waals surface area contributed by atoms with Crippen LogP contribution in [0.5, 0.6) is 0 Å². The second-order valence-electron chi connectivity index (χ2n) is 7.37. The van der Waals surface area contributed by atoms with Crippen LogP contribution in [0.1, 0.15) is 47.1 Å². The third-order valence-corrected chi connectivity index (χ3v) is 2.62. The summed E-state index contributed by atoms with van der Waals surface area (Å²) in [4.78, 5) is 29.2. The minimum atomic E-state index is -0.943. The normalized spacial score (nSPS) is 11.6. The van der Waals surface area contributed by atoms with Gasteiger partial charge in [-0.05, 0) is 53.5 Å². The number of benzene rings is 1. The molecule has 0 N–H and O–H groups in total. The Morgan fingerprint density at radius 1 is 0.917 bits per heavy atom. The van der Waals surface area contributed by atoms with Crippen molar-refractivity contribution in [2.24, 2.45) is 0 Å². The summed E-state index contributed by atoms with van der Waals surface area (Å²) >= 11 is 0. The molecule has 0 unspecified atom stereocenters. The highest BCUT2D eigenvalue weighted by atomic mass is 16.8. The van der Waals surface area contributed by atoms with E-state index in [0.717, 1.165) is 10.6 Å². The van der Waals surface area contributed by atoms with Crippen molar-refractivity contribution >= 4 is 12.2 Å². The van der Waals surface area contributed by atoms with Gasteiger partial charge in [0.15, 0.2) is 0 Å². The van der Waals surface area contributed by atoms with Crippen molar-refractivity contribution < 1.29 is 23.9 Å². The molecular weight excluding hydrogens is 310 g/mol. The zero-order valence-electron chi connectivity index (χ0n) is 15.3. The van der Waals surface area contributed by atoms with E-state index in [9.17, 15) is 9.59 Å². The van der Waals surface area contributed by atoms with E-state index in [1.807, 2.05) is 30.3 Å². The lowest BCUT2D eigenvalue weighted by atomic mass is 10.1. The highest BCUT2D eigenvalue weighted by molar-refractivity contribution is 5.70. The van der Waals surface area contributed by atoms with Crippen molar-refractivity contribution in [1.82, 2.24) is 5.06 Å². The van der Waals surface area contributed by atoms with Crippen LogP contribution in [-0.2, 0) is 20.7 Å². The largest absolute Gasteiger partial charge is 0.534 e. The van der Waals surface area contributed by atoms with Crippen LogP contribution in [0.15, 0.2) is 30.3 Å². The van der Waals surface area contributed by atoms with Gasteiger partial charge in [-0.2, -0.15) is 0 Å². The standard InChI is InChI=1S/C18H27NO5/c1-17(2,3)22-15(20)19(24-16(21)23-18(4,5)6)13-12-14-10-8-7-9-11-14/h7-11H,12-13H2,1-6H3. The quantitative estimate of drug-likeness (QED) is 0.606. The Labute approximate surface area is 143 Å². The van der Waals surface area contributed by atoms with Gasteiger partial charge in [0.1, 0.15) is 11.2 Å². The summed E-state index contributed by atoms with van der Waals surface area (Å²) in [5.74, 6) is 0. The molecule has 0 atom stereocenters. The molecule has 0 aliphatic carbocycles. The fourth-order valence-electron chi connectivity index (χ4n) is 1.72. The number of carbonyl (C=O) groups excluding carboxylic acids is 2. The molecule has 6 nitrogen and oxygen atoms in total. The average molecular weight is 337 g/mol. The second kappa shape index (κ2) is 8.04. The zero-order valence-corrected chi connectivity index (χ0v) is 15.3. The Kier molecular flexibility index (Phi) is 6.63. The third kappa shape index (κ3) is 8.41. The monoisotopic (exact) mass is 337 g/mol. The van der Waals surface area contributed by atoms with Gasteiger partial charge in [0.05, 0.1) is 6.54 Å². The van der Waals surface area contributed by atoms with Gasteiger partial charge in [0.25, 0.3) is 0 Å². The first-order valence-electron chi connectivity index (χ1n) is 7.92. The molecule has 1 amide bonds. The number of carbonyl (C=O) groups is 2. The van der Waals surface area contributed by atoms with Gasteiger partial charge in [-0.25, -0.2) is 9.59 Å². The molecule has 0 radical (unpaired) electrons. The second-order valence-corrected chi connectivity index (χ2v) is 7.37. The van der Waals surface area contributed by atoms with E-state index in [2.05, 4.69) is 0 Å². The fraction of sp³-hybridized carbons (Fsp3) is 0.556. The van der Waals surface area contributed by atoms with Crippen LogP contribution in [0, 0.1) is 0 Å². The third-order valence-electron chi connectivity index (χ3n) is 2.62. The summed E-state index contributed by atoms with van der Waals surface area (Å²) in [5, 5.41) is 0.895. The highest BCUT2D eigenvalue weighted by Crippen LogP contribution is 2.14. The lowest BCUT2D eigenvalue weighted by molar-refractivity contribution is -0.135. The maximum absolute atomic E-state index is 12.3. The summed E-state index contributed by atoms with van der Waals surface area (Å²) in [7, 11) is 0. The van der Waals surface area contributed by atoms with Gasteiger partial charge in [0.2, 0.25) is 0 Å². The Morgan fingerprint density at radius 3 is 1.96 bits per heavy atom. The van der Waals surface area contributed by atoms with Crippen molar-refractivity contribution in [3.8, 4) is 0 Å². The molecule has 1 aromatic carbocycles. The lowest BCUT2D eigenvalue weighted by Crippen LogP contribution is -2.40. The summed E-state index contributed by atoms with van der Waals surface area (Å²) in [6, 6.07) is 9.58. The van der Waals surface area contributed by atoms with E-state index >= 15 is 0 Å². The van der Waals surface area contributed by atoms with Crippen molar-refractivity contribution in [3.05, 3.63) is 35.9 Å². The van der Waals surface area contributed by atoms with Gasteiger partial charge in [-0.15, -0.1) is 5.06 Å². The lowest BCUT2D eigenvalue weighted by Gasteiger charge is -2.27. The number of nitrogens with zero attached hydrogens (tertiary/aromatic N) is 1. The summed E-state index contributed by atoms with van der Waals surface area (Å²) in [5.41, 5.74) is -0.394. The van der Waals surface area contributed by atoms with Crippen LogP contribution >= 0.6 is 0 Å². The molecule has 0 heterocycles. The van der Waals surface area contributed by atoms with Crippen LogP contribution in [-0.4, -0.2) is 35.1 Å². The first-order chi connectivity index (χ1) is 11.0. The van der Waals surface area contributed by atoms with E-state index in [1.165, 1.54) is 0 Å². The van der Waals surface area contributed by atoms with E-state index in [-0.39, 0.29) is 6.54 Å². The molecule has 1 aromatic rings. The number of hydrogen-bond acceptors (Lipinski definition) is 5. The number of hydrogen-bond donors (Lipinski definition) is 0. The first-order valence-corrected chi connectivity index (χ1v) is 7.92. The SMILES string of the molecule is CC(C)(C)OC(=O)ON(CCc1ccccc1)C(=O)OC(C)(C)C. The van der Waals surface area contributed by atoms with Gasteiger partial charge in [-0.1, -0.05) is 30.3 Å². The van der Waals surface area contributed by atoms with Gasteiger partial charge in [0, 0.05) is 0 Å². The summed E-state index contributed by atoms with van der Waals surface area (Å²) < 4.78 is 10.4. The van der Waals surface area contributed by atoms with E-state index in [4.69, 9.17) is 14.3 Å². The van der Waals surface area contributed by atoms with Crippen LogP contribution in [0.3, 0.4) is 0 Å². The molecule has 1 rings (SSSR count). The minimum absolute atomic E-state index is 0.165. The molecule has 0 aromatic heterocycles. The van der Waals surface area contributed by atoms with Gasteiger partial charge in [-0.3, -0.25) is 0 Å². The number of hydroxylamine groups is 2. The summed E-state index contributed by atoms with van der Waals surface area (Å²) in [6.07, 6.45) is -1.16.